The van der Waals surface area contributed by atoms with Crippen molar-refractivity contribution in [1.82, 2.24) is 10.2 Å². The summed E-state index contributed by atoms with van der Waals surface area (Å²) in [5.41, 5.74) is 1.19. The van der Waals surface area contributed by atoms with Crippen LogP contribution in [0.1, 0.15) is 37.7 Å². The third-order valence-electron chi connectivity index (χ3n) is 6.63. The first-order valence-corrected chi connectivity index (χ1v) is 12.3. The van der Waals surface area contributed by atoms with Crippen molar-refractivity contribution in [3.8, 4) is 0 Å². The van der Waals surface area contributed by atoms with Crippen LogP contribution in [0.5, 0.6) is 0 Å². The predicted octanol–water partition coefficient (Wildman–Crippen LogP) is 1.99. The number of fused-ring (bicyclic) bond motifs is 2. The third kappa shape index (κ3) is 7.52. The zero-order valence-corrected chi connectivity index (χ0v) is 20.3. The standard InChI is InChI=1S/C19H26Cl2N2O.C4H6O6/c20-15-2-1-14(19(21)7-15)12-23(11-13-5-6-22-10-13)16-8-17-3-4-18(9-16)24-17;5-1(3(7)8)2(6)4(9)10/h1-2,7,13,16-18,22H,3-6,8-12H2;1-2,5-6H,(H,7,8)(H,9,10)/t13-,16?,17?,18?;/m0./s1. The molecule has 0 amide bonds. The molecule has 0 aliphatic carbocycles. The lowest BCUT2D eigenvalue weighted by Gasteiger charge is -2.38. The zero-order valence-electron chi connectivity index (χ0n) is 18.8. The highest BCUT2D eigenvalue weighted by molar-refractivity contribution is 6.35. The number of aliphatic carboxylic acids is 2. The van der Waals surface area contributed by atoms with Gasteiger partial charge in [0.25, 0.3) is 0 Å². The molecule has 34 heavy (non-hydrogen) atoms. The fourth-order valence-electron chi connectivity index (χ4n) is 4.81. The number of carbonyl (C=O) groups is 2. The molecular formula is C23H32Cl2N2O7. The van der Waals surface area contributed by atoms with E-state index in [4.69, 9.17) is 48.4 Å². The fourth-order valence-corrected chi connectivity index (χ4v) is 5.28. The maximum absolute atomic E-state index is 9.77. The molecule has 0 spiro atoms. The van der Waals surface area contributed by atoms with Crippen LogP contribution in [0.2, 0.25) is 10.0 Å². The van der Waals surface area contributed by atoms with Crippen LogP contribution < -0.4 is 5.32 Å². The highest BCUT2D eigenvalue weighted by atomic mass is 35.5. The minimum absolute atomic E-state index is 0.471. The van der Waals surface area contributed by atoms with Crippen LogP contribution in [0.4, 0.5) is 0 Å². The van der Waals surface area contributed by atoms with E-state index in [1.54, 1.807) is 0 Å². The smallest absolute Gasteiger partial charge is 0.335 e. The molecule has 4 unspecified atom stereocenters. The molecule has 11 heteroatoms. The minimum atomic E-state index is -2.27. The normalized spacial score (nSPS) is 27.7. The molecule has 3 saturated heterocycles. The predicted molar refractivity (Wildman–Crippen MR) is 126 cm³/mol. The Hall–Kier alpha value is -1.46. The van der Waals surface area contributed by atoms with E-state index in [0.29, 0.717) is 23.3 Å². The summed E-state index contributed by atoms with van der Waals surface area (Å²) in [5, 5.41) is 37.5. The number of nitrogens with zero attached hydrogens (tertiary/aromatic N) is 1. The number of rotatable bonds is 8. The molecule has 3 aliphatic heterocycles. The first-order valence-electron chi connectivity index (χ1n) is 11.5. The molecule has 0 saturated carbocycles. The number of halogens is 2. The molecule has 3 fully saturated rings. The average Bonchev–Trinajstić information content (AvgIpc) is 3.43. The Bertz CT molecular complexity index is 823. The number of hydrogen-bond donors (Lipinski definition) is 5. The van der Waals surface area contributed by atoms with E-state index < -0.39 is 24.1 Å². The lowest BCUT2D eigenvalue weighted by Crippen LogP contribution is -2.44. The van der Waals surface area contributed by atoms with Gasteiger partial charge in [0.05, 0.1) is 12.2 Å². The van der Waals surface area contributed by atoms with Gasteiger partial charge in [-0.3, -0.25) is 4.90 Å². The van der Waals surface area contributed by atoms with Crippen LogP contribution in [-0.2, 0) is 20.9 Å². The number of aliphatic hydroxyl groups excluding tert-OH is 2. The number of nitrogens with one attached hydrogen (secondary N) is 1. The monoisotopic (exact) mass is 518 g/mol. The summed E-state index contributed by atoms with van der Waals surface area (Å²) in [6.45, 7) is 4.35. The molecule has 0 aromatic heterocycles. The number of aliphatic hydroxyl groups is 2. The number of carboxylic acid groups (broad SMARTS) is 2. The first kappa shape index (κ1) is 27.1. The molecule has 1 aromatic carbocycles. The SMILES string of the molecule is Clc1ccc(CN(C[C@H]2CCNC2)C2CC3CCC(C2)O3)c(Cl)c1.O=C(O)C(O)C(O)C(=O)O. The van der Waals surface area contributed by atoms with Gasteiger partial charge in [0.15, 0.2) is 12.2 Å². The lowest BCUT2D eigenvalue weighted by atomic mass is 9.98. The Morgan fingerprint density at radius 3 is 2.18 bits per heavy atom. The molecule has 5 N–H and O–H groups in total. The molecule has 3 heterocycles. The van der Waals surface area contributed by atoms with Gasteiger partial charge in [-0.1, -0.05) is 29.3 Å². The van der Waals surface area contributed by atoms with Gasteiger partial charge in [-0.05, 0) is 68.8 Å². The van der Waals surface area contributed by atoms with Gasteiger partial charge in [-0.15, -0.1) is 0 Å². The Morgan fingerprint density at radius 1 is 1.06 bits per heavy atom. The van der Waals surface area contributed by atoms with Crippen molar-refractivity contribution in [2.75, 3.05) is 19.6 Å². The summed E-state index contributed by atoms with van der Waals surface area (Å²) in [5.74, 6) is -2.79. The van der Waals surface area contributed by atoms with Crippen LogP contribution >= 0.6 is 23.2 Å². The third-order valence-corrected chi connectivity index (χ3v) is 7.22. The molecule has 5 atom stereocenters. The second-order valence-corrected chi connectivity index (χ2v) is 10.0. The molecular weight excluding hydrogens is 487 g/mol. The van der Waals surface area contributed by atoms with E-state index >= 15 is 0 Å². The molecule has 3 aliphatic rings. The minimum Gasteiger partial charge on any atom is -0.479 e. The lowest BCUT2D eigenvalue weighted by molar-refractivity contribution is -0.165. The highest BCUT2D eigenvalue weighted by Gasteiger charge is 2.38. The van der Waals surface area contributed by atoms with Crippen molar-refractivity contribution in [1.29, 1.82) is 0 Å². The van der Waals surface area contributed by atoms with Gasteiger partial charge in [-0.2, -0.15) is 0 Å². The van der Waals surface area contributed by atoms with E-state index in [0.717, 1.165) is 37.1 Å². The maximum Gasteiger partial charge on any atom is 0.335 e. The van der Waals surface area contributed by atoms with Crippen LogP contribution in [0, 0.1) is 5.92 Å². The number of ether oxygens (including phenoxy) is 1. The molecule has 4 rings (SSSR count). The Morgan fingerprint density at radius 2 is 1.68 bits per heavy atom. The second-order valence-electron chi connectivity index (χ2n) is 9.17. The zero-order chi connectivity index (χ0) is 24.8. The summed E-state index contributed by atoms with van der Waals surface area (Å²) >= 11 is 12.5. The van der Waals surface area contributed by atoms with Gasteiger partial charge in [0, 0.05) is 29.2 Å². The number of hydrogen-bond acceptors (Lipinski definition) is 7. The van der Waals surface area contributed by atoms with E-state index in [-0.39, 0.29) is 0 Å². The van der Waals surface area contributed by atoms with E-state index in [1.807, 2.05) is 12.1 Å². The Kier molecular flexibility index (Phi) is 9.96. The van der Waals surface area contributed by atoms with Crippen molar-refractivity contribution in [3.05, 3.63) is 33.8 Å². The van der Waals surface area contributed by atoms with Gasteiger partial charge >= 0.3 is 11.9 Å². The van der Waals surface area contributed by atoms with Crippen molar-refractivity contribution in [2.24, 2.45) is 5.92 Å². The van der Waals surface area contributed by atoms with Crippen LogP contribution in [0.15, 0.2) is 18.2 Å². The topological polar surface area (TPSA) is 140 Å². The number of carboxylic acids is 2. The molecule has 2 bridgehead atoms. The second kappa shape index (κ2) is 12.5. The largest absolute Gasteiger partial charge is 0.479 e. The molecule has 1 aromatic rings. The first-order chi connectivity index (χ1) is 16.1. The summed E-state index contributed by atoms with van der Waals surface area (Å²) < 4.78 is 6.05. The van der Waals surface area contributed by atoms with Crippen molar-refractivity contribution in [2.45, 2.75) is 69.1 Å². The molecule has 9 nitrogen and oxygen atoms in total. The Labute approximate surface area is 208 Å². The molecule has 0 radical (unpaired) electrons. The van der Waals surface area contributed by atoms with Crippen LogP contribution in [0.25, 0.3) is 0 Å². The fraction of sp³-hybridized carbons (Fsp3) is 0.652. The summed E-state index contributed by atoms with van der Waals surface area (Å²) in [4.78, 5) is 22.2. The van der Waals surface area contributed by atoms with Crippen molar-refractivity contribution in [3.63, 3.8) is 0 Å². The van der Waals surface area contributed by atoms with Crippen LogP contribution in [-0.4, -0.2) is 87.4 Å². The van der Waals surface area contributed by atoms with Gasteiger partial charge in [0.1, 0.15) is 0 Å². The maximum atomic E-state index is 9.77. The molecule has 190 valence electrons. The number of benzene rings is 1. The quantitative estimate of drug-likeness (QED) is 0.349. The van der Waals surface area contributed by atoms with Crippen molar-refractivity contribution >= 4 is 35.1 Å². The van der Waals surface area contributed by atoms with Crippen molar-refractivity contribution < 1.29 is 34.8 Å². The Balaban J connectivity index is 0.000000277. The summed E-state index contributed by atoms with van der Waals surface area (Å²) in [6, 6.07) is 6.51. The van der Waals surface area contributed by atoms with Crippen LogP contribution in [0.3, 0.4) is 0 Å². The van der Waals surface area contributed by atoms with Gasteiger partial charge < -0.3 is 30.5 Å². The van der Waals surface area contributed by atoms with E-state index in [9.17, 15) is 9.59 Å². The highest BCUT2D eigenvalue weighted by Crippen LogP contribution is 2.36. The van der Waals surface area contributed by atoms with Gasteiger partial charge in [-0.25, -0.2) is 9.59 Å². The van der Waals surface area contributed by atoms with E-state index in [2.05, 4.69) is 16.3 Å². The van der Waals surface area contributed by atoms with E-state index in [1.165, 1.54) is 37.7 Å². The average molecular weight is 519 g/mol. The van der Waals surface area contributed by atoms with Gasteiger partial charge in [0.2, 0.25) is 0 Å². The summed E-state index contributed by atoms with van der Waals surface area (Å²) in [6.07, 6.45) is 2.50. The summed E-state index contributed by atoms with van der Waals surface area (Å²) in [7, 11) is 0.